The first-order valence-electron chi connectivity index (χ1n) is 6.18. The molecule has 0 amide bonds. The molecule has 1 heterocycles. The Labute approximate surface area is 110 Å². The molecule has 0 bridgehead atoms. The Morgan fingerprint density at radius 1 is 1.26 bits per heavy atom. The van der Waals surface area contributed by atoms with Gasteiger partial charge in [0, 0.05) is 11.6 Å². The molecule has 3 rings (SSSR count). The Morgan fingerprint density at radius 2 is 2.05 bits per heavy atom. The third kappa shape index (κ3) is 2.14. The summed E-state index contributed by atoms with van der Waals surface area (Å²) in [5.41, 5.74) is 3.39. The summed E-state index contributed by atoms with van der Waals surface area (Å²) in [6.45, 7) is 0. The van der Waals surface area contributed by atoms with Gasteiger partial charge in [-0.15, -0.1) is 0 Å². The number of aromatic nitrogens is 2. The minimum absolute atomic E-state index is 0.224. The van der Waals surface area contributed by atoms with Crippen molar-refractivity contribution in [3.8, 4) is 0 Å². The van der Waals surface area contributed by atoms with Gasteiger partial charge in [-0.3, -0.25) is 4.79 Å². The van der Waals surface area contributed by atoms with Gasteiger partial charge >= 0.3 is 0 Å². The maximum Gasteiger partial charge on any atom is 0.264 e. The molecule has 2 aromatic rings. The Balaban J connectivity index is 2.04. The van der Waals surface area contributed by atoms with Crippen molar-refractivity contribution in [2.45, 2.75) is 18.8 Å². The number of aromatic amines is 1. The molecule has 5 nitrogen and oxygen atoms in total. The van der Waals surface area contributed by atoms with E-state index in [0.717, 1.165) is 29.8 Å². The van der Waals surface area contributed by atoms with Gasteiger partial charge in [0.25, 0.3) is 5.56 Å². The summed E-state index contributed by atoms with van der Waals surface area (Å²) < 4.78 is 0. The summed E-state index contributed by atoms with van der Waals surface area (Å²) in [4.78, 5) is 11.3. The number of nitrogens with one attached hydrogen (secondary N) is 1. The van der Waals surface area contributed by atoms with Gasteiger partial charge < -0.3 is 5.84 Å². The van der Waals surface area contributed by atoms with Crippen LogP contribution >= 0.6 is 0 Å². The van der Waals surface area contributed by atoms with Crippen LogP contribution in [0, 0.1) is 0 Å². The third-order valence-electron chi connectivity index (χ3n) is 3.50. The van der Waals surface area contributed by atoms with Gasteiger partial charge in [0.2, 0.25) is 0 Å². The first-order chi connectivity index (χ1) is 9.28. The van der Waals surface area contributed by atoms with Crippen LogP contribution in [-0.2, 0) is 6.42 Å². The third-order valence-corrected chi connectivity index (χ3v) is 3.50. The van der Waals surface area contributed by atoms with Gasteiger partial charge in [0.15, 0.2) is 0 Å². The second kappa shape index (κ2) is 4.68. The second-order valence-corrected chi connectivity index (χ2v) is 4.68. The lowest BCUT2D eigenvalue weighted by Crippen LogP contribution is -2.25. The molecule has 19 heavy (non-hydrogen) atoms. The summed E-state index contributed by atoms with van der Waals surface area (Å²) in [5, 5.41) is 10.4. The molecule has 3 N–H and O–H groups in total. The summed E-state index contributed by atoms with van der Waals surface area (Å²) in [6, 6.07) is 11.7. The lowest BCUT2D eigenvalue weighted by molar-refractivity contribution is 0.665. The Kier molecular flexibility index (Phi) is 2.87. The van der Waals surface area contributed by atoms with Crippen molar-refractivity contribution in [1.82, 2.24) is 10.2 Å². The number of nitrogens with two attached hydrogens (primary N) is 1. The van der Waals surface area contributed by atoms with E-state index >= 15 is 0 Å². The Hall–Kier alpha value is -2.43. The molecular weight excluding hydrogens is 240 g/mol. The predicted molar refractivity (Wildman–Crippen MR) is 73.1 cm³/mol. The van der Waals surface area contributed by atoms with Crippen LogP contribution in [0.2, 0.25) is 0 Å². The highest BCUT2D eigenvalue weighted by atomic mass is 16.1. The quantitative estimate of drug-likeness (QED) is 0.591. The molecule has 0 saturated heterocycles. The van der Waals surface area contributed by atoms with E-state index in [1.165, 1.54) is 11.6 Å². The van der Waals surface area contributed by atoms with Crippen LogP contribution in [0.15, 0.2) is 46.3 Å². The van der Waals surface area contributed by atoms with Gasteiger partial charge in [-0.05, 0) is 24.3 Å². The van der Waals surface area contributed by atoms with E-state index in [9.17, 15) is 4.79 Å². The predicted octanol–water partition coefficient (Wildman–Crippen LogP) is 1.16. The highest BCUT2D eigenvalue weighted by Crippen LogP contribution is 2.30. The molecule has 0 saturated carbocycles. The smallest absolute Gasteiger partial charge is 0.264 e. The number of hydrazone groups is 1. The Bertz CT molecular complexity index is 675. The zero-order valence-electron chi connectivity index (χ0n) is 10.3. The van der Waals surface area contributed by atoms with Crippen LogP contribution in [0.4, 0.5) is 0 Å². The number of benzene rings is 1. The highest BCUT2D eigenvalue weighted by molar-refractivity contribution is 6.02. The van der Waals surface area contributed by atoms with Crippen LogP contribution in [0.1, 0.15) is 29.2 Å². The molecule has 0 radical (unpaired) electrons. The van der Waals surface area contributed by atoms with Crippen LogP contribution < -0.4 is 11.4 Å². The minimum Gasteiger partial charge on any atom is -0.323 e. The minimum atomic E-state index is -0.224. The number of hydrogen-bond acceptors (Lipinski definition) is 4. The van der Waals surface area contributed by atoms with E-state index in [1.54, 1.807) is 0 Å². The van der Waals surface area contributed by atoms with Crippen LogP contribution in [0.25, 0.3) is 0 Å². The molecular formula is C14H14N4O. The van der Waals surface area contributed by atoms with Crippen molar-refractivity contribution in [2.24, 2.45) is 10.9 Å². The Morgan fingerprint density at radius 3 is 2.79 bits per heavy atom. The molecule has 5 heteroatoms. The van der Waals surface area contributed by atoms with E-state index in [4.69, 9.17) is 5.84 Å². The normalized spacial score (nSPS) is 20.2. The van der Waals surface area contributed by atoms with Crippen molar-refractivity contribution in [3.05, 3.63) is 63.6 Å². The van der Waals surface area contributed by atoms with Crippen molar-refractivity contribution >= 4 is 5.71 Å². The summed E-state index contributed by atoms with van der Waals surface area (Å²) in [7, 11) is 0. The van der Waals surface area contributed by atoms with Gasteiger partial charge in [-0.2, -0.15) is 10.2 Å². The van der Waals surface area contributed by atoms with Crippen molar-refractivity contribution < 1.29 is 0 Å². The fourth-order valence-corrected chi connectivity index (χ4v) is 2.57. The number of rotatable bonds is 1. The van der Waals surface area contributed by atoms with E-state index in [0.29, 0.717) is 5.92 Å². The van der Waals surface area contributed by atoms with Gasteiger partial charge in [0.1, 0.15) is 0 Å². The monoisotopic (exact) mass is 254 g/mol. The fourth-order valence-electron chi connectivity index (χ4n) is 2.57. The number of nitrogens with zero attached hydrogens (tertiary/aromatic N) is 2. The number of H-pyrrole nitrogens is 1. The van der Waals surface area contributed by atoms with Crippen molar-refractivity contribution in [1.29, 1.82) is 0 Å². The molecule has 1 aliphatic rings. The zero-order valence-corrected chi connectivity index (χ0v) is 10.3. The van der Waals surface area contributed by atoms with Crippen LogP contribution in [-0.4, -0.2) is 15.9 Å². The summed E-state index contributed by atoms with van der Waals surface area (Å²) >= 11 is 0. The zero-order chi connectivity index (χ0) is 13.2. The molecule has 1 aromatic heterocycles. The van der Waals surface area contributed by atoms with Crippen LogP contribution in [0.5, 0.6) is 0 Å². The largest absolute Gasteiger partial charge is 0.323 e. The molecule has 0 fully saturated rings. The average molecular weight is 254 g/mol. The van der Waals surface area contributed by atoms with Gasteiger partial charge in [-0.1, -0.05) is 30.3 Å². The highest BCUT2D eigenvalue weighted by Gasteiger charge is 2.26. The van der Waals surface area contributed by atoms with Gasteiger partial charge in [0.05, 0.1) is 11.4 Å². The second-order valence-electron chi connectivity index (χ2n) is 4.68. The molecule has 1 aromatic carbocycles. The summed E-state index contributed by atoms with van der Waals surface area (Å²) in [6.07, 6.45) is 1.52. The standard InChI is InChI=1S/C14H14N4O/c15-16-12-6-10(9-4-2-1-3-5-9)7-13-11(12)8-14(19)18-17-13/h1-5,8,10H,6-7,15H2,(H,18,19)/b16-12+/t10-/m1/s1. The first kappa shape index (κ1) is 11.6. The molecule has 0 spiro atoms. The van der Waals surface area contributed by atoms with Gasteiger partial charge in [-0.25, -0.2) is 5.10 Å². The van der Waals surface area contributed by atoms with E-state index < -0.39 is 0 Å². The average Bonchev–Trinajstić information content (AvgIpc) is 2.47. The number of hydrogen-bond donors (Lipinski definition) is 2. The lowest BCUT2D eigenvalue weighted by atomic mass is 9.81. The van der Waals surface area contributed by atoms with Crippen LogP contribution in [0.3, 0.4) is 0 Å². The first-order valence-corrected chi connectivity index (χ1v) is 6.18. The molecule has 96 valence electrons. The van der Waals surface area contributed by atoms with E-state index in [1.807, 2.05) is 18.2 Å². The molecule has 0 unspecified atom stereocenters. The van der Waals surface area contributed by atoms with Crippen molar-refractivity contribution in [3.63, 3.8) is 0 Å². The maximum absolute atomic E-state index is 11.3. The van der Waals surface area contributed by atoms with Crippen molar-refractivity contribution in [2.75, 3.05) is 0 Å². The SMILES string of the molecule is N/N=C1\C[C@@H](c2ccccc2)Cc2n[nH]c(=O)cc21. The van der Waals surface area contributed by atoms with E-state index in [2.05, 4.69) is 27.4 Å². The fraction of sp³-hybridized carbons (Fsp3) is 0.214. The summed E-state index contributed by atoms with van der Waals surface area (Å²) in [5.74, 6) is 5.76. The molecule has 1 atom stereocenters. The topological polar surface area (TPSA) is 84.1 Å². The molecule has 1 aliphatic carbocycles. The number of fused-ring (bicyclic) bond motifs is 1. The maximum atomic E-state index is 11.3. The lowest BCUT2D eigenvalue weighted by Gasteiger charge is -2.24. The van der Waals surface area contributed by atoms with E-state index in [-0.39, 0.29) is 5.56 Å². The molecule has 0 aliphatic heterocycles.